The monoisotopic (exact) mass is 429 g/mol. The van der Waals surface area contributed by atoms with E-state index in [9.17, 15) is 10.1 Å². The highest BCUT2D eigenvalue weighted by Crippen LogP contribution is 2.47. The van der Waals surface area contributed by atoms with Gasteiger partial charge in [-0.15, -0.1) is 0 Å². The molecule has 1 aliphatic rings. The normalized spacial score (nSPS) is 20.6. The zero-order valence-corrected chi connectivity index (χ0v) is 20.0. The first-order chi connectivity index (χ1) is 15.6. The number of benzene rings is 2. The van der Waals surface area contributed by atoms with E-state index in [4.69, 9.17) is 0 Å². The molecule has 170 valence electrons. The van der Waals surface area contributed by atoms with Crippen LogP contribution in [0.5, 0.6) is 0 Å². The smallest absolute Gasteiger partial charge is 0.162 e. The molecule has 0 unspecified atom stereocenters. The van der Waals surface area contributed by atoms with Gasteiger partial charge in [0.15, 0.2) is 5.78 Å². The first kappa shape index (κ1) is 24.2. The molecule has 0 aliphatic heterocycles. The lowest BCUT2D eigenvalue weighted by Crippen LogP contribution is -2.25. The number of nitriles is 1. The van der Waals surface area contributed by atoms with Gasteiger partial charge in [0.05, 0.1) is 11.5 Å². The average Bonchev–Trinajstić information content (AvgIpc) is 2.84. The minimum atomic E-state index is -0.148. The molecular weight excluding hydrogens is 390 g/mol. The van der Waals surface area contributed by atoms with Crippen LogP contribution in [0.2, 0.25) is 0 Å². The van der Waals surface area contributed by atoms with Crippen LogP contribution in [0.25, 0.3) is 11.1 Å². The molecule has 2 heteroatoms. The third-order valence-corrected chi connectivity index (χ3v) is 7.31. The summed E-state index contributed by atoms with van der Waals surface area (Å²) < 4.78 is 0. The number of unbranched alkanes of at least 4 members (excludes halogenated alkanes) is 4. The van der Waals surface area contributed by atoms with Crippen molar-refractivity contribution in [2.24, 2.45) is 5.41 Å². The van der Waals surface area contributed by atoms with Crippen molar-refractivity contribution in [2.75, 3.05) is 0 Å². The predicted octanol–water partition coefficient (Wildman–Crippen LogP) is 8.86. The molecule has 0 bridgehead atoms. The molecule has 2 nitrogen and oxygen atoms in total. The minimum Gasteiger partial charge on any atom is -0.294 e. The number of rotatable bonds is 11. The Morgan fingerprint density at radius 1 is 0.969 bits per heavy atom. The molecule has 1 aliphatic carbocycles. The molecular formula is C30H39NO. The van der Waals surface area contributed by atoms with Crippen LogP contribution in [0.3, 0.4) is 0 Å². The molecule has 1 fully saturated rings. The highest BCUT2D eigenvalue weighted by molar-refractivity contribution is 5.97. The molecule has 0 atom stereocenters. The second kappa shape index (κ2) is 12.0. The van der Waals surface area contributed by atoms with Gasteiger partial charge in [0, 0.05) is 12.0 Å². The molecule has 3 rings (SSSR count). The third kappa shape index (κ3) is 6.10. The average molecular weight is 430 g/mol. The van der Waals surface area contributed by atoms with Gasteiger partial charge < -0.3 is 0 Å². The fourth-order valence-corrected chi connectivity index (χ4v) is 5.29. The van der Waals surface area contributed by atoms with Crippen LogP contribution >= 0.6 is 0 Å². The van der Waals surface area contributed by atoms with Crippen LogP contribution in [0.4, 0.5) is 0 Å². The number of Topliss-reactive ketones (excluding diaryl/α,β-unsaturated/α-hetero) is 1. The van der Waals surface area contributed by atoms with Crippen molar-refractivity contribution in [1.29, 1.82) is 5.26 Å². The van der Waals surface area contributed by atoms with E-state index in [1.807, 2.05) is 12.1 Å². The first-order valence-electron chi connectivity index (χ1n) is 12.8. The van der Waals surface area contributed by atoms with Gasteiger partial charge in [-0.2, -0.15) is 5.26 Å². The van der Waals surface area contributed by atoms with E-state index in [-0.39, 0.29) is 11.2 Å². The van der Waals surface area contributed by atoms with Gasteiger partial charge in [-0.05, 0) is 67.2 Å². The largest absolute Gasteiger partial charge is 0.294 e. The molecule has 2 aromatic carbocycles. The summed E-state index contributed by atoms with van der Waals surface area (Å²) in [5.41, 5.74) is 4.45. The van der Waals surface area contributed by atoms with E-state index in [0.717, 1.165) is 44.1 Å². The molecule has 0 heterocycles. The Balaban J connectivity index is 1.78. The van der Waals surface area contributed by atoms with Gasteiger partial charge in [-0.3, -0.25) is 4.79 Å². The second-order valence-electron chi connectivity index (χ2n) is 9.67. The number of carbonyl (C=O) groups excluding carboxylic acids is 1. The summed E-state index contributed by atoms with van der Waals surface area (Å²) in [5, 5.41) is 10.0. The Labute approximate surface area is 195 Å². The molecule has 0 N–H and O–H groups in total. The van der Waals surface area contributed by atoms with Crippen molar-refractivity contribution in [1.82, 2.24) is 0 Å². The lowest BCUT2D eigenvalue weighted by molar-refractivity contribution is 0.0981. The highest BCUT2D eigenvalue weighted by Gasteiger charge is 2.36. The maximum Gasteiger partial charge on any atom is 0.162 e. The Morgan fingerprint density at radius 3 is 2.34 bits per heavy atom. The zero-order valence-electron chi connectivity index (χ0n) is 20.0. The molecule has 0 saturated heterocycles. The van der Waals surface area contributed by atoms with Crippen LogP contribution in [-0.2, 0) is 0 Å². The van der Waals surface area contributed by atoms with Gasteiger partial charge in [-0.25, -0.2) is 0 Å². The molecule has 0 spiro atoms. The van der Waals surface area contributed by atoms with E-state index < -0.39 is 0 Å². The topological polar surface area (TPSA) is 40.9 Å². The van der Waals surface area contributed by atoms with Gasteiger partial charge in [-0.1, -0.05) is 88.4 Å². The number of carbonyl (C=O) groups is 1. The van der Waals surface area contributed by atoms with E-state index in [0.29, 0.717) is 12.3 Å². The van der Waals surface area contributed by atoms with E-state index >= 15 is 0 Å². The van der Waals surface area contributed by atoms with Crippen LogP contribution in [0.15, 0.2) is 48.5 Å². The highest BCUT2D eigenvalue weighted by atomic mass is 16.1. The predicted molar refractivity (Wildman–Crippen MR) is 134 cm³/mol. The van der Waals surface area contributed by atoms with Crippen LogP contribution in [-0.4, -0.2) is 5.78 Å². The standard InChI is InChI=1S/C30H39NO/c1-3-5-6-7-11-19-30(23-31)20-17-25(18-21-30)28-22-26(29(32)12-4-2)15-16-27(28)24-13-9-8-10-14-24/h8-10,13-16,22,25H,3-7,11-12,17-21H2,1-2H3. The van der Waals surface area contributed by atoms with E-state index in [1.54, 1.807) is 0 Å². The van der Waals surface area contributed by atoms with Crippen molar-refractivity contribution in [3.63, 3.8) is 0 Å². The van der Waals surface area contributed by atoms with Gasteiger partial charge in [0.1, 0.15) is 0 Å². The van der Waals surface area contributed by atoms with Gasteiger partial charge >= 0.3 is 0 Å². The molecule has 32 heavy (non-hydrogen) atoms. The number of hydrogen-bond donors (Lipinski definition) is 0. The molecule has 1 saturated carbocycles. The third-order valence-electron chi connectivity index (χ3n) is 7.31. The summed E-state index contributed by atoms with van der Waals surface area (Å²) in [6.07, 6.45) is 12.8. The first-order valence-corrected chi connectivity index (χ1v) is 12.8. The summed E-state index contributed by atoms with van der Waals surface area (Å²) >= 11 is 0. The molecule has 2 aromatic rings. The number of ketones is 1. The fourth-order valence-electron chi connectivity index (χ4n) is 5.29. The molecule has 0 aromatic heterocycles. The van der Waals surface area contributed by atoms with E-state index in [1.165, 1.54) is 48.8 Å². The van der Waals surface area contributed by atoms with Crippen molar-refractivity contribution in [2.45, 2.75) is 96.8 Å². The molecule has 0 radical (unpaired) electrons. The molecule has 0 amide bonds. The fraction of sp³-hybridized carbons (Fsp3) is 0.533. The Morgan fingerprint density at radius 2 is 1.69 bits per heavy atom. The quantitative estimate of drug-likeness (QED) is 0.264. The lowest BCUT2D eigenvalue weighted by atomic mass is 9.66. The van der Waals surface area contributed by atoms with Crippen LogP contribution in [0, 0.1) is 16.7 Å². The van der Waals surface area contributed by atoms with E-state index in [2.05, 4.69) is 56.3 Å². The zero-order chi connectivity index (χ0) is 22.8. The Bertz CT molecular complexity index is 900. The summed E-state index contributed by atoms with van der Waals surface area (Å²) in [7, 11) is 0. The summed E-state index contributed by atoms with van der Waals surface area (Å²) in [6, 6.07) is 19.5. The Kier molecular flexibility index (Phi) is 9.10. The summed E-state index contributed by atoms with van der Waals surface area (Å²) in [6.45, 7) is 4.30. The van der Waals surface area contributed by atoms with Crippen molar-refractivity contribution in [3.8, 4) is 17.2 Å². The minimum absolute atomic E-state index is 0.148. The van der Waals surface area contributed by atoms with Crippen LogP contribution in [0.1, 0.15) is 113 Å². The van der Waals surface area contributed by atoms with Crippen molar-refractivity contribution < 1.29 is 4.79 Å². The SMILES string of the molecule is CCCCCCCC1(C#N)CCC(c2cc(C(=O)CCC)ccc2-c2ccccc2)CC1. The summed E-state index contributed by atoms with van der Waals surface area (Å²) in [5.74, 6) is 0.656. The van der Waals surface area contributed by atoms with Gasteiger partial charge in [0.2, 0.25) is 0 Å². The van der Waals surface area contributed by atoms with Crippen molar-refractivity contribution >= 4 is 5.78 Å². The second-order valence-corrected chi connectivity index (χ2v) is 9.67. The number of hydrogen-bond acceptors (Lipinski definition) is 2. The number of nitrogens with zero attached hydrogens (tertiary/aromatic N) is 1. The Hall–Kier alpha value is -2.40. The van der Waals surface area contributed by atoms with Crippen molar-refractivity contribution in [3.05, 3.63) is 59.7 Å². The van der Waals surface area contributed by atoms with Crippen LogP contribution < -0.4 is 0 Å². The maximum atomic E-state index is 12.6. The van der Waals surface area contributed by atoms with Gasteiger partial charge in [0.25, 0.3) is 0 Å². The lowest BCUT2D eigenvalue weighted by Gasteiger charge is -2.36. The summed E-state index contributed by atoms with van der Waals surface area (Å²) in [4.78, 5) is 12.6. The maximum absolute atomic E-state index is 12.6.